The van der Waals surface area contributed by atoms with Crippen LogP contribution in [0.15, 0.2) is 24.4 Å². The maximum Gasteiger partial charge on any atom is 0.325 e. The predicted molar refractivity (Wildman–Crippen MR) is 63.1 cm³/mol. The quantitative estimate of drug-likeness (QED) is 0.844. The third-order valence-corrected chi connectivity index (χ3v) is 1.40. The number of carboxylic acids is 1. The van der Waals surface area contributed by atoms with Gasteiger partial charge in [-0.3, -0.25) is 4.79 Å². The van der Waals surface area contributed by atoms with Crippen molar-refractivity contribution in [3.05, 3.63) is 24.4 Å². The van der Waals surface area contributed by atoms with Gasteiger partial charge in [-0.15, -0.1) is 24.8 Å². The zero-order chi connectivity index (χ0) is 8.97. The van der Waals surface area contributed by atoms with E-state index >= 15 is 0 Å². The van der Waals surface area contributed by atoms with Crippen LogP contribution in [0.25, 0.3) is 0 Å². The Morgan fingerprint density at radius 2 is 2.07 bits per heavy atom. The van der Waals surface area contributed by atoms with Crippen molar-refractivity contribution in [1.82, 2.24) is 4.98 Å². The molecule has 1 aromatic heterocycles. The summed E-state index contributed by atoms with van der Waals surface area (Å²) in [5, 5.41) is 11.3. The molecule has 0 aliphatic carbocycles. The van der Waals surface area contributed by atoms with Gasteiger partial charge in [0, 0.05) is 6.20 Å². The van der Waals surface area contributed by atoms with Crippen LogP contribution < -0.4 is 5.32 Å². The van der Waals surface area contributed by atoms with E-state index in [1.165, 1.54) is 0 Å². The Bertz CT molecular complexity index is 272. The molecule has 0 aliphatic rings. The summed E-state index contributed by atoms with van der Waals surface area (Å²) >= 11 is 0. The molecule has 0 spiro atoms. The zero-order valence-corrected chi connectivity index (χ0v) is 9.64. The average Bonchev–Trinajstić information content (AvgIpc) is 2.06. The van der Waals surface area contributed by atoms with Gasteiger partial charge in [-0.1, -0.05) is 6.07 Å². The summed E-state index contributed by atoms with van der Waals surface area (Å²) < 4.78 is 0. The molecule has 1 unspecified atom stereocenters. The van der Waals surface area contributed by atoms with Gasteiger partial charge < -0.3 is 15.9 Å². The minimum atomic E-state index is -0.888. The van der Waals surface area contributed by atoms with E-state index in [4.69, 9.17) is 5.11 Å². The van der Waals surface area contributed by atoms with Gasteiger partial charge >= 0.3 is 5.97 Å². The molecule has 0 aliphatic heterocycles. The Labute approximate surface area is 100 Å². The molecule has 15 heavy (non-hydrogen) atoms. The summed E-state index contributed by atoms with van der Waals surface area (Å²) in [6, 6.07) is 4.68. The third-order valence-electron chi connectivity index (χ3n) is 1.40. The first kappa shape index (κ1) is 19.5. The van der Waals surface area contributed by atoms with Crippen LogP contribution in [0.5, 0.6) is 0 Å². The Kier molecular flexibility index (Phi) is 12.4. The van der Waals surface area contributed by atoms with Gasteiger partial charge in [-0.05, 0) is 19.1 Å². The minimum Gasteiger partial charge on any atom is -0.480 e. The number of aliphatic carboxylic acids is 1. The number of nitrogens with zero attached hydrogens (tertiary/aromatic N) is 1. The zero-order valence-electron chi connectivity index (χ0n) is 8.01. The molecule has 1 atom stereocenters. The van der Waals surface area contributed by atoms with Crippen LogP contribution in [0.3, 0.4) is 0 Å². The van der Waals surface area contributed by atoms with E-state index in [1.807, 2.05) is 0 Å². The van der Waals surface area contributed by atoms with Crippen molar-refractivity contribution in [2.45, 2.75) is 13.0 Å². The number of nitrogens with one attached hydrogen (secondary N) is 1. The molecule has 4 N–H and O–H groups in total. The normalized spacial score (nSPS) is 9.67. The van der Waals surface area contributed by atoms with E-state index in [0.29, 0.717) is 5.82 Å². The largest absolute Gasteiger partial charge is 0.480 e. The Morgan fingerprint density at radius 1 is 1.47 bits per heavy atom. The summed E-state index contributed by atoms with van der Waals surface area (Å²) in [6.45, 7) is 1.57. The Hall–Kier alpha value is -1.04. The lowest BCUT2D eigenvalue weighted by atomic mass is 10.3. The monoisotopic (exact) mass is 256 g/mol. The minimum absolute atomic E-state index is 0. The van der Waals surface area contributed by atoms with Gasteiger partial charge in [-0.2, -0.15) is 0 Å². The predicted octanol–water partition coefficient (Wildman–Crippen LogP) is 0.985. The van der Waals surface area contributed by atoms with E-state index in [2.05, 4.69) is 10.3 Å². The molecule has 0 fully saturated rings. The van der Waals surface area contributed by atoms with Crippen molar-refractivity contribution in [3.8, 4) is 0 Å². The van der Waals surface area contributed by atoms with Crippen molar-refractivity contribution in [1.29, 1.82) is 0 Å². The van der Waals surface area contributed by atoms with Gasteiger partial charge in [-0.25, -0.2) is 4.98 Å². The summed E-state index contributed by atoms with van der Waals surface area (Å²) in [6.07, 6.45) is 1.61. The highest BCUT2D eigenvalue weighted by Gasteiger charge is 2.09. The fraction of sp³-hybridized carbons (Fsp3) is 0.250. The number of aromatic nitrogens is 1. The van der Waals surface area contributed by atoms with E-state index in [0.717, 1.165) is 0 Å². The van der Waals surface area contributed by atoms with Gasteiger partial charge in [0.05, 0.1) is 0 Å². The lowest BCUT2D eigenvalue weighted by Crippen LogP contribution is -2.25. The first-order valence-electron chi connectivity index (χ1n) is 3.60. The summed E-state index contributed by atoms with van der Waals surface area (Å²) in [5.74, 6) is -0.312. The molecule has 1 aromatic rings. The maximum absolute atomic E-state index is 10.4. The van der Waals surface area contributed by atoms with Crippen LogP contribution in [-0.2, 0) is 4.79 Å². The van der Waals surface area contributed by atoms with Gasteiger partial charge in [0.25, 0.3) is 0 Å². The van der Waals surface area contributed by atoms with Crippen molar-refractivity contribution in [2.24, 2.45) is 0 Å². The van der Waals surface area contributed by atoms with Gasteiger partial charge in [0.1, 0.15) is 11.9 Å². The third kappa shape index (κ3) is 6.96. The highest BCUT2D eigenvalue weighted by molar-refractivity contribution is 5.85. The second-order valence-corrected chi connectivity index (χ2v) is 2.42. The molecule has 0 aromatic carbocycles. The summed E-state index contributed by atoms with van der Waals surface area (Å²) in [4.78, 5) is 14.3. The maximum atomic E-state index is 10.4. The van der Waals surface area contributed by atoms with Gasteiger partial charge in [0.2, 0.25) is 0 Å². The SMILES string of the molecule is CC(Nc1ccccn1)C(=O)O.Cl.Cl.O. The molecule has 0 bridgehead atoms. The van der Waals surface area contributed by atoms with E-state index in [1.54, 1.807) is 31.3 Å². The first-order valence-corrected chi connectivity index (χ1v) is 3.60. The molecule has 7 heteroatoms. The number of hydrogen-bond donors (Lipinski definition) is 2. The van der Waals surface area contributed by atoms with E-state index in [9.17, 15) is 4.79 Å². The fourth-order valence-electron chi connectivity index (χ4n) is 0.732. The molecular formula is C8H14Cl2N2O3. The smallest absolute Gasteiger partial charge is 0.325 e. The molecule has 0 saturated carbocycles. The summed E-state index contributed by atoms with van der Waals surface area (Å²) in [5.41, 5.74) is 0. The molecule has 88 valence electrons. The van der Waals surface area contributed by atoms with Crippen molar-refractivity contribution >= 4 is 36.6 Å². The molecular weight excluding hydrogens is 243 g/mol. The summed E-state index contributed by atoms with van der Waals surface area (Å²) in [7, 11) is 0. The Morgan fingerprint density at radius 3 is 2.47 bits per heavy atom. The van der Waals surface area contributed by atoms with Crippen LogP contribution in [-0.4, -0.2) is 27.6 Å². The highest BCUT2D eigenvalue weighted by Crippen LogP contribution is 2.01. The van der Waals surface area contributed by atoms with Crippen LogP contribution in [0, 0.1) is 0 Å². The number of hydrogen-bond acceptors (Lipinski definition) is 3. The topological polar surface area (TPSA) is 93.7 Å². The van der Waals surface area contributed by atoms with Gasteiger partial charge in [0.15, 0.2) is 0 Å². The molecule has 0 radical (unpaired) electrons. The average molecular weight is 257 g/mol. The number of rotatable bonds is 3. The molecule has 0 saturated heterocycles. The number of halogens is 2. The molecule has 5 nitrogen and oxygen atoms in total. The second kappa shape index (κ2) is 9.51. The standard InChI is InChI=1S/C8H10N2O2.2ClH.H2O/c1-6(8(11)12)10-7-4-2-3-5-9-7;;;/h2-6H,1H3,(H,9,10)(H,11,12);2*1H;1H2. The van der Waals surface area contributed by atoms with Crippen molar-refractivity contribution < 1.29 is 15.4 Å². The number of pyridine rings is 1. The Balaban J connectivity index is -0.000000480. The fourth-order valence-corrected chi connectivity index (χ4v) is 0.732. The number of anilines is 1. The molecule has 0 amide bonds. The first-order chi connectivity index (χ1) is 5.70. The van der Waals surface area contributed by atoms with E-state index in [-0.39, 0.29) is 30.3 Å². The number of carbonyl (C=O) groups is 1. The molecule has 1 heterocycles. The molecule has 1 rings (SSSR count). The van der Waals surface area contributed by atoms with Crippen molar-refractivity contribution in [2.75, 3.05) is 5.32 Å². The second-order valence-electron chi connectivity index (χ2n) is 2.42. The lowest BCUT2D eigenvalue weighted by Gasteiger charge is -2.08. The van der Waals surface area contributed by atoms with E-state index < -0.39 is 12.0 Å². The van der Waals surface area contributed by atoms with Crippen LogP contribution in [0.2, 0.25) is 0 Å². The van der Waals surface area contributed by atoms with Crippen LogP contribution in [0.4, 0.5) is 5.82 Å². The lowest BCUT2D eigenvalue weighted by molar-refractivity contribution is -0.137. The highest BCUT2D eigenvalue weighted by atomic mass is 35.5. The van der Waals surface area contributed by atoms with Crippen LogP contribution in [0.1, 0.15) is 6.92 Å². The van der Waals surface area contributed by atoms with Crippen molar-refractivity contribution in [3.63, 3.8) is 0 Å². The number of carboxylic acid groups (broad SMARTS) is 1. The van der Waals surface area contributed by atoms with Crippen LogP contribution >= 0.6 is 24.8 Å².